The number of aliphatic hydroxyl groups is 1. The molecule has 0 aliphatic heterocycles. The van der Waals surface area contributed by atoms with Crippen LogP contribution in [0.1, 0.15) is 53.4 Å². The largest absolute Gasteiger partial charge is 0.390 e. The van der Waals surface area contributed by atoms with Crippen LogP contribution >= 0.6 is 0 Å². The van der Waals surface area contributed by atoms with Gasteiger partial charge in [-0.15, -0.1) is 0 Å². The first-order valence-corrected chi connectivity index (χ1v) is 5.71. The van der Waals surface area contributed by atoms with Crippen LogP contribution < -0.4 is 0 Å². The Hall–Kier alpha value is -0.0400. The highest BCUT2D eigenvalue weighted by atomic mass is 16.3. The summed E-state index contributed by atoms with van der Waals surface area (Å²) in [6.45, 7) is 8.87. The predicted molar refractivity (Wildman–Crippen MR) is 56.6 cm³/mol. The third kappa shape index (κ3) is 2.25. The summed E-state index contributed by atoms with van der Waals surface area (Å²) in [6.07, 6.45) is 4.66. The van der Waals surface area contributed by atoms with Crippen molar-refractivity contribution in [1.82, 2.24) is 0 Å². The highest BCUT2D eigenvalue weighted by Gasteiger charge is 2.40. The molecule has 0 radical (unpaired) electrons. The van der Waals surface area contributed by atoms with Crippen molar-refractivity contribution < 1.29 is 5.11 Å². The lowest BCUT2D eigenvalue weighted by molar-refractivity contribution is -0.0111. The zero-order valence-electron chi connectivity index (χ0n) is 9.51. The molecule has 0 aromatic heterocycles. The van der Waals surface area contributed by atoms with Crippen molar-refractivity contribution in [1.29, 1.82) is 0 Å². The Morgan fingerprint density at radius 1 is 1.46 bits per heavy atom. The molecular formula is C12H24O. The summed E-state index contributed by atoms with van der Waals surface area (Å²) in [7, 11) is 0. The monoisotopic (exact) mass is 184 g/mol. The summed E-state index contributed by atoms with van der Waals surface area (Å²) in [5.74, 6) is 1.94. The Bertz CT molecular complexity index is 163. The van der Waals surface area contributed by atoms with Crippen LogP contribution in [-0.4, -0.2) is 10.7 Å². The fourth-order valence-corrected chi connectivity index (χ4v) is 2.77. The molecule has 1 saturated carbocycles. The van der Waals surface area contributed by atoms with Crippen molar-refractivity contribution in [2.75, 3.05) is 0 Å². The van der Waals surface area contributed by atoms with Gasteiger partial charge < -0.3 is 5.11 Å². The third-order valence-electron chi connectivity index (χ3n) is 4.17. The fraction of sp³-hybridized carbons (Fsp3) is 1.00. The van der Waals surface area contributed by atoms with Gasteiger partial charge in [0.1, 0.15) is 0 Å². The number of hydrogen-bond acceptors (Lipinski definition) is 1. The van der Waals surface area contributed by atoms with E-state index in [9.17, 15) is 5.11 Å². The molecule has 13 heavy (non-hydrogen) atoms. The Morgan fingerprint density at radius 2 is 2.08 bits per heavy atom. The summed E-state index contributed by atoms with van der Waals surface area (Å²) < 4.78 is 0. The van der Waals surface area contributed by atoms with Crippen molar-refractivity contribution in [3.63, 3.8) is 0 Å². The van der Waals surface area contributed by atoms with Gasteiger partial charge in [0.25, 0.3) is 0 Å². The lowest BCUT2D eigenvalue weighted by Gasteiger charge is -2.34. The highest BCUT2D eigenvalue weighted by molar-refractivity contribution is 4.91. The van der Waals surface area contributed by atoms with Gasteiger partial charge in [-0.25, -0.2) is 0 Å². The molecule has 1 heteroatoms. The van der Waals surface area contributed by atoms with Crippen molar-refractivity contribution in [2.45, 2.75) is 59.0 Å². The predicted octanol–water partition coefficient (Wildman–Crippen LogP) is 3.22. The van der Waals surface area contributed by atoms with E-state index in [4.69, 9.17) is 0 Å². The normalized spacial score (nSPS) is 39.0. The standard InChI is InChI=1S/C12H24O/c1-5-9(2)10(3)11-7-6-8-12(11,4)13/h9-11,13H,5-8H2,1-4H3. The van der Waals surface area contributed by atoms with E-state index in [1.165, 1.54) is 19.3 Å². The quantitative estimate of drug-likeness (QED) is 0.714. The van der Waals surface area contributed by atoms with Crippen LogP contribution in [0.15, 0.2) is 0 Å². The zero-order valence-corrected chi connectivity index (χ0v) is 9.51. The van der Waals surface area contributed by atoms with E-state index < -0.39 is 0 Å². The van der Waals surface area contributed by atoms with E-state index in [1.807, 2.05) is 6.92 Å². The van der Waals surface area contributed by atoms with E-state index in [2.05, 4.69) is 20.8 Å². The van der Waals surface area contributed by atoms with Crippen LogP contribution in [-0.2, 0) is 0 Å². The molecule has 0 aromatic rings. The fourth-order valence-electron chi connectivity index (χ4n) is 2.77. The maximum atomic E-state index is 10.2. The molecule has 1 nitrogen and oxygen atoms in total. The summed E-state index contributed by atoms with van der Waals surface area (Å²) in [5.41, 5.74) is -0.386. The van der Waals surface area contributed by atoms with E-state index in [0.717, 1.165) is 12.3 Å². The molecule has 1 N–H and O–H groups in total. The van der Waals surface area contributed by atoms with E-state index in [0.29, 0.717) is 11.8 Å². The van der Waals surface area contributed by atoms with Gasteiger partial charge >= 0.3 is 0 Å². The van der Waals surface area contributed by atoms with Crippen molar-refractivity contribution in [3.8, 4) is 0 Å². The summed E-state index contributed by atoms with van der Waals surface area (Å²) >= 11 is 0. The molecular weight excluding hydrogens is 160 g/mol. The summed E-state index contributed by atoms with van der Waals surface area (Å²) in [4.78, 5) is 0. The Balaban J connectivity index is 2.60. The van der Waals surface area contributed by atoms with Crippen LogP contribution in [0.4, 0.5) is 0 Å². The molecule has 0 heterocycles. The van der Waals surface area contributed by atoms with Gasteiger partial charge in [0.15, 0.2) is 0 Å². The molecule has 1 aliphatic rings. The first-order chi connectivity index (χ1) is 5.99. The molecule has 0 spiro atoms. The zero-order chi connectivity index (χ0) is 10.1. The Labute approximate surface area is 82.5 Å². The molecule has 1 rings (SSSR count). The maximum Gasteiger partial charge on any atom is 0.0650 e. The highest BCUT2D eigenvalue weighted by Crippen LogP contribution is 2.42. The minimum absolute atomic E-state index is 0.386. The lowest BCUT2D eigenvalue weighted by Crippen LogP contribution is -2.35. The average Bonchev–Trinajstić information content (AvgIpc) is 2.42. The second kappa shape index (κ2) is 4.00. The van der Waals surface area contributed by atoms with Gasteiger partial charge in [-0.3, -0.25) is 0 Å². The molecule has 4 atom stereocenters. The van der Waals surface area contributed by atoms with E-state index >= 15 is 0 Å². The van der Waals surface area contributed by atoms with E-state index in [-0.39, 0.29) is 5.60 Å². The average molecular weight is 184 g/mol. The molecule has 1 fully saturated rings. The second-order valence-corrected chi connectivity index (χ2v) is 5.10. The van der Waals surface area contributed by atoms with Crippen molar-refractivity contribution >= 4 is 0 Å². The molecule has 0 amide bonds. The first kappa shape index (κ1) is 11.0. The topological polar surface area (TPSA) is 20.2 Å². The van der Waals surface area contributed by atoms with Crippen molar-refractivity contribution in [3.05, 3.63) is 0 Å². The van der Waals surface area contributed by atoms with E-state index in [1.54, 1.807) is 0 Å². The van der Waals surface area contributed by atoms with Gasteiger partial charge in [-0.05, 0) is 37.5 Å². The molecule has 0 aromatic carbocycles. The Kier molecular flexibility index (Phi) is 3.39. The maximum absolute atomic E-state index is 10.2. The summed E-state index contributed by atoms with van der Waals surface area (Å²) in [5, 5.41) is 10.2. The van der Waals surface area contributed by atoms with Gasteiger partial charge in [0.05, 0.1) is 5.60 Å². The molecule has 1 aliphatic carbocycles. The number of rotatable bonds is 3. The Morgan fingerprint density at radius 3 is 2.46 bits per heavy atom. The minimum Gasteiger partial charge on any atom is -0.390 e. The van der Waals surface area contributed by atoms with Crippen LogP contribution in [0.5, 0.6) is 0 Å². The van der Waals surface area contributed by atoms with Crippen LogP contribution in [0.25, 0.3) is 0 Å². The summed E-state index contributed by atoms with van der Waals surface area (Å²) in [6, 6.07) is 0. The van der Waals surface area contributed by atoms with Gasteiger partial charge in [0, 0.05) is 0 Å². The van der Waals surface area contributed by atoms with Crippen LogP contribution in [0.2, 0.25) is 0 Å². The van der Waals surface area contributed by atoms with Crippen LogP contribution in [0.3, 0.4) is 0 Å². The lowest BCUT2D eigenvalue weighted by atomic mass is 9.76. The third-order valence-corrected chi connectivity index (χ3v) is 4.17. The number of hydrogen-bond donors (Lipinski definition) is 1. The minimum atomic E-state index is -0.386. The van der Waals surface area contributed by atoms with Gasteiger partial charge in [-0.1, -0.05) is 33.6 Å². The molecule has 0 bridgehead atoms. The first-order valence-electron chi connectivity index (χ1n) is 5.71. The SMILES string of the molecule is CCC(C)C(C)C1CCCC1(C)O. The van der Waals surface area contributed by atoms with Crippen molar-refractivity contribution in [2.24, 2.45) is 17.8 Å². The molecule has 78 valence electrons. The van der Waals surface area contributed by atoms with Gasteiger partial charge in [0.2, 0.25) is 0 Å². The van der Waals surface area contributed by atoms with Crippen LogP contribution in [0, 0.1) is 17.8 Å². The smallest absolute Gasteiger partial charge is 0.0650 e. The van der Waals surface area contributed by atoms with Gasteiger partial charge in [-0.2, -0.15) is 0 Å². The molecule has 0 saturated heterocycles. The second-order valence-electron chi connectivity index (χ2n) is 5.10. The molecule has 4 unspecified atom stereocenters.